The lowest BCUT2D eigenvalue weighted by Crippen LogP contribution is -2.44. The SMILES string of the molecule is CC/C=C\C/C=C\C/C=C\C/C=C\C/C=C\CC(=O)NC(CO)C(O)/C=C/CCCCCCCCCCCC. The molecular weight excluding hydrogens is 482 g/mol. The van der Waals surface area contributed by atoms with Crippen molar-refractivity contribution in [3.8, 4) is 0 Å². The topological polar surface area (TPSA) is 69.6 Å². The zero-order valence-corrected chi connectivity index (χ0v) is 25.1. The Labute approximate surface area is 240 Å². The Balaban J connectivity index is 3.89. The zero-order valence-electron chi connectivity index (χ0n) is 25.1. The Hall–Kier alpha value is -2.17. The minimum Gasteiger partial charge on any atom is -0.394 e. The highest BCUT2D eigenvalue weighted by molar-refractivity contribution is 5.77. The average Bonchev–Trinajstić information content (AvgIpc) is 2.94. The van der Waals surface area contributed by atoms with Gasteiger partial charge in [-0.2, -0.15) is 0 Å². The average molecular weight is 542 g/mol. The molecule has 0 bridgehead atoms. The van der Waals surface area contributed by atoms with Gasteiger partial charge in [-0.1, -0.05) is 145 Å². The van der Waals surface area contributed by atoms with Crippen molar-refractivity contribution in [2.45, 2.75) is 135 Å². The van der Waals surface area contributed by atoms with Crippen molar-refractivity contribution in [1.82, 2.24) is 5.32 Å². The number of carbonyl (C=O) groups is 1. The third-order valence-corrected chi connectivity index (χ3v) is 6.47. The molecule has 4 heteroatoms. The van der Waals surface area contributed by atoms with E-state index in [1.807, 2.05) is 18.2 Å². The van der Waals surface area contributed by atoms with Crippen LogP contribution in [0, 0.1) is 0 Å². The van der Waals surface area contributed by atoms with E-state index in [9.17, 15) is 15.0 Å². The van der Waals surface area contributed by atoms with E-state index < -0.39 is 12.1 Å². The van der Waals surface area contributed by atoms with E-state index in [0.29, 0.717) is 0 Å². The first-order valence-electron chi connectivity index (χ1n) is 15.7. The van der Waals surface area contributed by atoms with Crippen LogP contribution in [0.3, 0.4) is 0 Å². The summed E-state index contributed by atoms with van der Waals surface area (Å²) in [5.41, 5.74) is 0. The van der Waals surface area contributed by atoms with Gasteiger partial charge in [0, 0.05) is 6.42 Å². The molecule has 1 amide bonds. The summed E-state index contributed by atoms with van der Waals surface area (Å²) in [5.74, 6) is -0.197. The summed E-state index contributed by atoms with van der Waals surface area (Å²) in [6.07, 6.45) is 42.8. The van der Waals surface area contributed by atoms with Crippen LogP contribution >= 0.6 is 0 Å². The minimum atomic E-state index is -0.879. The van der Waals surface area contributed by atoms with E-state index in [4.69, 9.17) is 0 Å². The van der Waals surface area contributed by atoms with Crippen molar-refractivity contribution in [3.63, 3.8) is 0 Å². The number of unbranched alkanes of at least 4 members (excludes halogenated alkanes) is 10. The number of allylic oxidation sites excluding steroid dienone is 10. The molecule has 0 aliphatic carbocycles. The lowest BCUT2D eigenvalue weighted by atomic mass is 10.1. The van der Waals surface area contributed by atoms with Crippen molar-refractivity contribution in [1.29, 1.82) is 0 Å². The fourth-order valence-corrected chi connectivity index (χ4v) is 4.07. The predicted molar refractivity (Wildman–Crippen MR) is 170 cm³/mol. The van der Waals surface area contributed by atoms with Gasteiger partial charge in [-0.05, 0) is 44.9 Å². The highest BCUT2D eigenvalue weighted by atomic mass is 16.3. The van der Waals surface area contributed by atoms with Gasteiger partial charge in [-0.25, -0.2) is 0 Å². The molecule has 0 fully saturated rings. The summed E-state index contributed by atoms with van der Waals surface area (Å²) in [4.78, 5) is 12.2. The molecular formula is C35H59NO3. The van der Waals surface area contributed by atoms with Crippen LogP contribution in [0.2, 0.25) is 0 Å². The molecule has 39 heavy (non-hydrogen) atoms. The number of amides is 1. The molecule has 0 aromatic carbocycles. The second kappa shape index (κ2) is 30.4. The first kappa shape index (κ1) is 36.8. The van der Waals surface area contributed by atoms with Gasteiger partial charge in [0.15, 0.2) is 0 Å². The Morgan fingerprint density at radius 1 is 0.641 bits per heavy atom. The van der Waals surface area contributed by atoms with Gasteiger partial charge >= 0.3 is 0 Å². The van der Waals surface area contributed by atoms with Crippen LogP contribution in [0.5, 0.6) is 0 Å². The van der Waals surface area contributed by atoms with E-state index in [-0.39, 0.29) is 18.9 Å². The van der Waals surface area contributed by atoms with Crippen LogP contribution in [-0.4, -0.2) is 34.9 Å². The highest BCUT2D eigenvalue weighted by Gasteiger charge is 2.17. The minimum absolute atomic E-state index is 0.197. The second-order valence-electron chi connectivity index (χ2n) is 10.2. The van der Waals surface area contributed by atoms with Gasteiger partial charge in [0.25, 0.3) is 0 Å². The highest BCUT2D eigenvalue weighted by Crippen LogP contribution is 2.11. The summed E-state index contributed by atoms with van der Waals surface area (Å²) in [6, 6.07) is -0.677. The maximum atomic E-state index is 12.2. The molecule has 3 N–H and O–H groups in total. The van der Waals surface area contributed by atoms with Gasteiger partial charge in [-0.15, -0.1) is 0 Å². The van der Waals surface area contributed by atoms with Gasteiger partial charge in [-0.3, -0.25) is 4.79 Å². The third-order valence-electron chi connectivity index (χ3n) is 6.47. The summed E-state index contributed by atoms with van der Waals surface area (Å²) in [6.45, 7) is 4.10. The van der Waals surface area contributed by atoms with Gasteiger partial charge in [0.05, 0.1) is 18.8 Å². The van der Waals surface area contributed by atoms with Gasteiger partial charge < -0.3 is 15.5 Å². The molecule has 0 saturated carbocycles. The van der Waals surface area contributed by atoms with Crippen molar-refractivity contribution >= 4 is 5.91 Å². The Morgan fingerprint density at radius 3 is 1.59 bits per heavy atom. The van der Waals surface area contributed by atoms with Crippen LogP contribution in [0.25, 0.3) is 0 Å². The molecule has 222 valence electrons. The number of nitrogens with one attached hydrogen (secondary N) is 1. The van der Waals surface area contributed by atoms with Crippen LogP contribution in [0.4, 0.5) is 0 Å². The largest absolute Gasteiger partial charge is 0.394 e. The molecule has 0 aliphatic rings. The number of aliphatic hydroxyl groups excluding tert-OH is 2. The van der Waals surface area contributed by atoms with Crippen LogP contribution in [0.15, 0.2) is 72.9 Å². The number of hydrogen-bond donors (Lipinski definition) is 3. The molecule has 0 radical (unpaired) electrons. The van der Waals surface area contributed by atoms with Crippen molar-refractivity contribution < 1.29 is 15.0 Å². The maximum absolute atomic E-state index is 12.2. The van der Waals surface area contributed by atoms with Gasteiger partial charge in [0.1, 0.15) is 0 Å². The summed E-state index contributed by atoms with van der Waals surface area (Å²) in [7, 11) is 0. The lowest BCUT2D eigenvalue weighted by molar-refractivity contribution is -0.122. The van der Waals surface area contributed by atoms with Crippen molar-refractivity contribution in [2.24, 2.45) is 0 Å². The van der Waals surface area contributed by atoms with E-state index in [2.05, 4.69) is 67.8 Å². The molecule has 0 spiro atoms. The quantitative estimate of drug-likeness (QED) is 0.0757. The molecule has 0 aromatic rings. The lowest BCUT2D eigenvalue weighted by Gasteiger charge is -2.19. The Morgan fingerprint density at radius 2 is 1.10 bits per heavy atom. The normalized spacial score (nSPS) is 14.3. The number of rotatable bonds is 26. The van der Waals surface area contributed by atoms with Crippen LogP contribution in [-0.2, 0) is 4.79 Å². The van der Waals surface area contributed by atoms with Crippen molar-refractivity contribution in [3.05, 3.63) is 72.9 Å². The monoisotopic (exact) mass is 541 g/mol. The Kier molecular flexibility index (Phi) is 28.7. The molecule has 2 unspecified atom stereocenters. The first-order chi connectivity index (χ1) is 19.2. The van der Waals surface area contributed by atoms with Crippen molar-refractivity contribution in [2.75, 3.05) is 6.61 Å². The van der Waals surface area contributed by atoms with E-state index in [1.165, 1.54) is 57.8 Å². The van der Waals surface area contributed by atoms with Crippen LogP contribution < -0.4 is 5.32 Å². The summed E-state index contributed by atoms with van der Waals surface area (Å²) in [5, 5.41) is 22.6. The Bertz CT molecular complexity index is 717. The number of carbonyl (C=O) groups excluding carboxylic acids is 1. The fourth-order valence-electron chi connectivity index (χ4n) is 4.07. The van der Waals surface area contributed by atoms with E-state index in [1.54, 1.807) is 6.08 Å². The molecule has 0 aliphatic heterocycles. The van der Waals surface area contributed by atoms with E-state index >= 15 is 0 Å². The third kappa shape index (κ3) is 27.2. The molecule has 2 atom stereocenters. The molecule has 0 saturated heterocycles. The van der Waals surface area contributed by atoms with Crippen LogP contribution in [0.1, 0.15) is 123 Å². The maximum Gasteiger partial charge on any atom is 0.224 e. The number of aliphatic hydroxyl groups is 2. The molecule has 0 heterocycles. The van der Waals surface area contributed by atoms with Gasteiger partial charge in [0.2, 0.25) is 5.91 Å². The standard InChI is InChI=1S/C35H59NO3/c1-3-5-7-9-11-13-15-17-18-19-21-23-25-27-29-31-35(39)36-33(32-37)34(38)30-28-26-24-22-20-16-14-12-10-8-6-4-2/h5,7,11,13,17-18,21,23,27-30,33-34,37-38H,3-4,6,8-10,12,14-16,19-20,22,24-26,31-32H2,1-2H3,(H,36,39)/b7-5-,13-11-,18-17-,23-21-,29-27-,30-28+. The molecule has 0 rings (SSSR count). The predicted octanol–water partition coefficient (Wildman–Crippen LogP) is 8.83. The second-order valence-corrected chi connectivity index (χ2v) is 10.2. The zero-order chi connectivity index (χ0) is 28.7. The first-order valence-corrected chi connectivity index (χ1v) is 15.7. The molecule has 0 aromatic heterocycles. The fraction of sp³-hybridized carbons (Fsp3) is 0.629. The number of hydrogen-bond acceptors (Lipinski definition) is 3. The summed E-state index contributed by atoms with van der Waals surface area (Å²) >= 11 is 0. The summed E-state index contributed by atoms with van der Waals surface area (Å²) < 4.78 is 0. The molecule has 4 nitrogen and oxygen atoms in total. The van der Waals surface area contributed by atoms with E-state index in [0.717, 1.165) is 44.9 Å². The smallest absolute Gasteiger partial charge is 0.224 e.